The third-order valence-corrected chi connectivity index (χ3v) is 5.20. The summed E-state index contributed by atoms with van der Waals surface area (Å²) in [6.07, 6.45) is 2.61. The van der Waals surface area contributed by atoms with E-state index in [0.717, 1.165) is 28.7 Å². The van der Waals surface area contributed by atoms with Crippen LogP contribution in [0.25, 0.3) is 10.1 Å². The average molecular weight is 304 g/mol. The molecule has 0 atom stereocenters. The number of nitrogens with zero attached hydrogens (tertiary/aromatic N) is 1. The molecule has 112 valence electrons. The monoisotopic (exact) mass is 304 g/mol. The van der Waals surface area contributed by atoms with Crippen LogP contribution >= 0.6 is 11.3 Å². The Kier molecular flexibility index (Phi) is 4.53. The molecule has 2 N–H and O–H groups in total. The number of aromatic carboxylic acids is 1. The highest BCUT2D eigenvalue weighted by Gasteiger charge is 2.17. The highest BCUT2D eigenvalue weighted by molar-refractivity contribution is 7.21. The summed E-state index contributed by atoms with van der Waals surface area (Å²) in [6.45, 7) is 4.97. The number of hydrogen-bond donors (Lipinski definition) is 2. The Morgan fingerprint density at radius 2 is 2.05 bits per heavy atom. The summed E-state index contributed by atoms with van der Waals surface area (Å²) in [7, 11) is 0. The van der Waals surface area contributed by atoms with E-state index in [9.17, 15) is 9.90 Å². The van der Waals surface area contributed by atoms with Crippen molar-refractivity contribution in [3.05, 3.63) is 34.7 Å². The van der Waals surface area contributed by atoms with Crippen LogP contribution < -0.4 is 5.32 Å². The van der Waals surface area contributed by atoms with Gasteiger partial charge in [-0.25, -0.2) is 4.79 Å². The van der Waals surface area contributed by atoms with E-state index in [1.165, 1.54) is 37.3 Å². The van der Waals surface area contributed by atoms with Gasteiger partial charge in [-0.1, -0.05) is 18.2 Å². The van der Waals surface area contributed by atoms with E-state index in [0.29, 0.717) is 11.4 Å². The van der Waals surface area contributed by atoms with E-state index in [2.05, 4.69) is 10.2 Å². The predicted molar refractivity (Wildman–Crippen MR) is 86.2 cm³/mol. The maximum absolute atomic E-state index is 11.4. The van der Waals surface area contributed by atoms with Crippen molar-refractivity contribution >= 4 is 27.4 Å². The number of carboxylic acid groups (broad SMARTS) is 1. The highest BCUT2D eigenvalue weighted by atomic mass is 32.1. The van der Waals surface area contributed by atoms with Crippen LogP contribution in [0.15, 0.2) is 24.3 Å². The molecule has 3 rings (SSSR count). The van der Waals surface area contributed by atoms with Gasteiger partial charge >= 0.3 is 5.97 Å². The van der Waals surface area contributed by atoms with Crippen LogP contribution in [0.5, 0.6) is 0 Å². The molecule has 0 saturated carbocycles. The van der Waals surface area contributed by atoms with Gasteiger partial charge in [0, 0.05) is 24.3 Å². The molecule has 5 heteroatoms. The predicted octanol–water partition coefficient (Wildman–Crippen LogP) is 2.78. The summed E-state index contributed by atoms with van der Waals surface area (Å²) in [5.74, 6) is -0.826. The van der Waals surface area contributed by atoms with Gasteiger partial charge < -0.3 is 15.3 Å². The lowest BCUT2D eigenvalue weighted by molar-refractivity contribution is 0.0701. The van der Waals surface area contributed by atoms with Crippen LogP contribution in [-0.2, 0) is 6.54 Å². The largest absolute Gasteiger partial charge is 0.477 e. The summed E-state index contributed by atoms with van der Waals surface area (Å²) in [4.78, 5) is 14.3. The summed E-state index contributed by atoms with van der Waals surface area (Å²) in [5, 5.41) is 13.8. The van der Waals surface area contributed by atoms with Gasteiger partial charge in [0.05, 0.1) is 0 Å². The molecule has 1 aromatic carbocycles. The lowest BCUT2D eigenvalue weighted by atomic mass is 10.1. The van der Waals surface area contributed by atoms with Crippen molar-refractivity contribution in [2.75, 3.05) is 26.2 Å². The fraction of sp³-hybridized carbons (Fsp3) is 0.438. The molecule has 1 fully saturated rings. The summed E-state index contributed by atoms with van der Waals surface area (Å²) in [6, 6.07) is 7.92. The molecule has 0 bridgehead atoms. The molecule has 2 heterocycles. The first-order valence-corrected chi connectivity index (χ1v) is 8.24. The zero-order valence-electron chi connectivity index (χ0n) is 12.0. The van der Waals surface area contributed by atoms with Crippen LogP contribution in [0.1, 0.15) is 28.1 Å². The first kappa shape index (κ1) is 14.5. The number of hydrogen-bond acceptors (Lipinski definition) is 4. The summed E-state index contributed by atoms with van der Waals surface area (Å²) < 4.78 is 1.05. The Labute approximate surface area is 128 Å². The Balaban J connectivity index is 1.67. The Bertz CT molecular complexity index is 632. The van der Waals surface area contributed by atoms with E-state index in [1.54, 1.807) is 0 Å². The third kappa shape index (κ3) is 3.26. The second kappa shape index (κ2) is 6.56. The standard InChI is InChI=1S/C16H20N2O2S/c19-16(20)15-13(12-5-1-2-6-14(12)21-15)11-17-7-10-18-8-3-4-9-18/h1-2,5-6,17H,3-4,7-11H2,(H,19,20). The van der Waals surface area contributed by atoms with Crippen LogP contribution in [0.3, 0.4) is 0 Å². The van der Waals surface area contributed by atoms with Gasteiger partial charge in [-0.15, -0.1) is 11.3 Å². The van der Waals surface area contributed by atoms with Crippen LogP contribution in [-0.4, -0.2) is 42.2 Å². The number of rotatable bonds is 6. The lowest BCUT2D eigenvalue weighted by Crippen LogP contribution is -2.29. The van der Waals surface area contributed by atoms with E-state index in [-0.39, 0.29) is 0 Å². The van der Waals surface area contributed by atoms with Crippen molar-refractivity contribution in [3.63, 3.8) is 0 Å². The highest BCUT2D eigenvalue weighted by Crippen LogP contribution is 2.31. The van der Waals surface area contributed by atoms with Crippen LogP contribution in [0.4, 0.5) is 0 Å². The fourth-order valence-corrected chi connectivity index (χ4v) is 3.96. The fourth-order valence-electron chi connectivity index (χ4n) is 2.90. The summed E-state index contributed by atoms with van der Waals surface area (Å²) in [5.41, 5.74) is 0.921. The first-order valence-electron chi connectivity index (χ1n) is 7.42. The van der Waals surface area contributed by atoms with Crippen molar-refractivity contribution in [2.24, 2.45) is 0 Å². The zero-order valence-corrected chi connectivity index (χ0v) is 12.8. The molecule has 4 nitrogen and oxygen atoms in total. The molecular formula is C16H20N2O2S. The van der Waals surface area contributed by atoms with Gasteiger partial charge in [-0.05, 0) is 42.9 Å². The Morgan fingerprint density at radius 3 is 2.81 bits per heavy atom. The molecule has 1 saturated heterocycles. The molecule has 0 amide bonds. The smallest absolute Gasteiger partial charge is 0.346 e. The molecule has 0 spiro atoms. The minimum Gasteiger partial charge on any atom is -0.477 e. The number of carbonyl (C=O) groups is 1. The van der Waals surface area contributed by atoms with E-state index in [4.69, 9.17) is 0 Å². The second-order valence-electron chi connectivity index (χ2n) is 5.44. The van der Waals surface area contributed by atoms with Gasteiger partial charge in [-0.3, -0.25) is 0 Å². The number of carboxylic acids is 1. The zero-order chi connectivity index (χ0) is 14.7. The minimum absolute atomic E-state index is 0.463. The van der Waals surface area contributed by atoms with Gasteiger partial charge in [-0.2, -0.15) is 0 Å². The molecule has 1 aromatic heterocycles. The van der Waals surface area contributed by atoms with Crippen molar-refractivity contribution < 1.29 is 9.90 Å². The van der Waals surface area contributed by atoms with Crippen LogP contribution in [0, 0.1) is 0 Å². The van der Waals surface area contributed by atoms with Crippen molar-refractivity contribution in [1.82, 2.24) is 10.2 Å². The van der Waals surface area contributed by atoms with Crippen molar-refractivity contribution in [3.8, 4) is 0 Å². The maximum Gasteiger partial charge on any atom is 0.346 e. The third-order valence-electron chi connectivity index (χ3n) is 4.00. The number of nitrogens with one attached hydrogen (secondary N) is 1. The van der Waals surface area contributed by atoms with Gasteiger partial charge in [0.1, 0.15) is 4.88 Å². The second-order valence-corrected chi connectivity index (χ2v) is 6.49. The molecule has 0 aliphatic carbocycles. The molecule has 0 unspecified atom stereocenters. The topological polar surface area (TPSA) is 52.6 Å². The maximum atomic E-state index is 11.4. The SMILES string of the molecule is O=C(O)c1sc2ccccc2c1CNCCN1CCCC1. The van der Waals surface area contributed by atoms with Gasteiger partial charge in [0.15, 0.2) is 0 Å². The Hall–Kier alpha value is -1.43. The minimum atomic E-state index is -0.826. The lowest BCUT2D eigenvalue weighted by Gasteiger charge is -2.14. The normalized spacial score (nSPS) is 15.8. The summed E-state index contributed by atoms with van der Waals surface area (Å²) >= 11 is 1.37. The Morgan fingerprint density at radius 1 is 1.29 bits per heavy atom. The van der Waals surface area contributed by atoms with E-state index in [1.807, 2.05) is 24.3 Å². The molecule has 1 aliphatic heterocycles. The number of likely N-dealkylation sites (tertiary alicyclic amines) is 1. The number of fused-ring (bicyclic) bond motifs is 1. The number of benzene rings is 1. The molecule has 1 aliphatic rings. The number of thiophene rings is 1. The van der Waals surface area contributed by atoms with Gasteiger partial charge in [0.25, 0.3) is 0 Å². The first-order chi connectivity index (χ1) is 10.3. The van der Waals surface area contributed by atoms with Crippen molar-refractivity contribution in [1.29, 1.82) is 0 Å². The van der Waals surface area contributed by atoms with Gasteiger partial charge in [0.2, 0.25) is 0 Å². The molecule has 0 radical (unpaired) electrons. The average Bonchev–Trinajstić information content (AvgIpc) is 3.11. The van der Waals surface area contributed by atoms with Crippen LogP contribution in [0.2, 0.25) is 0 Å². The molecular weight excluding hydrogens is 284 g/mol. The van der Waals surface area contributed by atoms with Crippen molar-refractivity contribution in [2.45, 2.75) is 19.4 Å². The molecule has 21 heavy (non-hydrogen) atoms. The van der Waals surface area contributed by atoms with E-state index < -0.39 is 5.97 Å². The molecule has 2 aromatic rings. The van der Waals surface area contributed by atoms with E-state index >= 15 is 0 Å². The quantitative estimate of drug-likeness (QED) is 0.806.